The SMILES string of the molecule is Cc1ccc(Nc2nccc(C(=O)Nc3ccccc3Br)n2)cc1C. The number of amides is 1. The molecule has 0 saturated heterocycles. The van der Waals surface area contributed by atoms with Gasteiger partial charge in [0.15, 0.2) is 0 Å². The highest BCUT2D eigenvalue weighted by Gasteiger charge is 2.11. The molecule has 0 aliphatic heterocycles. The van der Waals surface area contributed by atoms with Crippen molar-refractivity contribution in [3.8, 4) is 0 Å². The largest absolute Gasteiger partial charge is 0.324 e. The van der Waals surface area contributed by atoms with E-state index in [1.165, 1.54) is 11.1 Å². The maximum atomic E-state index is 12.4. The molecule has 2 aromatic carbocycles. The number of carbonyl (C=O) groups excluding carboxylic acids is 1. The lowest BCUT2D eigenvalue weighted by Gasteiger charge is -2.09. The highest BCUT2D eigenvalue weighted by atomic mass is 79.9. The molecular formula is C19H17BrN4O. The lowest BCUT2D eigenvalue weighted by Crippen LogP contribution is -2.15. The highest BCUT2D eigenvalue weighted by Crippen LogP contribution is 2.22. The molecule has 25 heavy (non-hydrogen) atoms. The second kappa shape index (κ2) is 7.44. The molecule has 2 N–H and O–H groups in total. The summed E-state index contributed by atoms with van der Waals surface area (Å²) in [6, 6.07) is 15.0. The first-order valence-corrected chi connectivity index (χ1v) is 8.55. The zero-order chi connectivity index (χ0) is 17.8. The number of hydrogen-bond acceptors (Lipinski definition) is 4. The Kier molecular flexibility index (Phi) is 5.09. The van der Waals surface area contributed by atoms with Crippen molar-refractivity contribution in [2.45, 2.75) is 13.8 Å². The predicted molar refractivity (Wildman–Crippen MR) is 103 cm³/mol. The topological polar surface area (TPSA) is 66.9 Å². The lowest BCUT2D eigenvalue weighted by atomic mass is 10.1. The minimum absolute atomic E-state index is 0.289. The van der Waals surface area contributed by atoms with Gasteiger partial charge in [-0.1, -0.05) is 18.2 Å². The van der Waals surface area contributed by atoms with Crippen LogP contribution in [0.2, 0.25) is 0 Å². The fourth-order valence-electron chi connectivity index (χ4n) is 2.24. The Morgan fingerprint density at radius 2 is 1.84 bits per heavy atom. The zero-order valence-corrected chi connectivity index (χ0v) is 15.5. The normalized spacial score (nSPS) is 10.4. The van der Waals surface area contributed by atoms with Crippen LogP contribution in [0.4, 0.5) is 17.3 Å². The van der Waals surface area contributed by atoms with Crippen molar-refractivity contribution in [2.75, 3.05) is 10.6 Å². The third kappa shape index (κ3) is 4.22. The number of para-hydroxylation sites is 1. The molecule has 0 saturated carbocycles. The first kappa shape index (κ1) is 17.1. The molecule has 3 rings (SSSR count). The standard InChI is InChI=1S/C19H17BrN4O/c1-12-7-8-14(11-13(12)2)22-19-21-10-9-17(24-19)18(25)23-16-6-4-3-5-15(16)20/h3-11H,1-2H3,(H,23,25)(H,21,22,24). The minimum Gasteiger partial charge on any atom is -0.324 e. The Balaban J connectivity index is 1.77. The van der Waals surface area contributed by atoms with E-state index in [0.717, 1.165) is 10.2 Å². The van der Waals surface area contributed by atoms with E-state index in [1.54, 1.807) is 12.3 Å². The van der Waals surface area contributed by atoms with Gasteiger partial charge in [-0.2, -0.15) is 0 Å². The Labute approximate surface area is 154 Å². The fraction of sp³-hybridized carbons (Fsp3) is 0.105. The van der Waals surface area contributed by atoms with Gasteiger partial charge in [-0.3, -0.25) is 4.79 Å². The molecule has 0 aliphatic rings. The van der Waals surface area contributed by atoms with Crippen molar-refractivity contribution in [2.24, 2.45) is 0 Å². The number of rotatable bonds is 4. The van der Waals surface area contributed by atoms with Crippen molar-refractivity contribution >= 4 is 39.2 Å². The van der Waals surface area contributed by atoms with Gasteiger partial charge in [-0.15, -0.1) is 0 Å². The molecule has 6 heteroatoms. The van der Waals surface area contributed by atoms with Crippen LogP contribution in [0.5, 0.6) is 0 Å². The molecule has 0 aliphatic carbocycles. The third-order valence-corrected chi connectivity index (χ3v) is 4.46. The maximum absolute atomic E-state index is 12.4. The quantitative estimate of drug-likeness (QED) is 0.661. The number of nitrogens with one attached hydrogen (secondary N) is 2. The van der Waals surface area contributed by atoms with E-state index in [2.05, 4.69) is 43.5 Å². The summed E-state index contributed by atoms with van der Waals surface area (Å²) in [5.41, 5.74) is 4.25. The second-order valence-corrected chi connectivity index (χ2v) is 6.48. The summed E-state index contributed by atoms with van der Waals surface area (Å²) >= 11 is 3.41. The third-order valence-electron chi connectivity index (χ3n) is 3.77. The van der Waals surface area contributed by atoms with Crippen molar-refractivity contribution in [1.29, 1.82) is 0 Å². The van der Waals surface area contributed by atoms with Crippen LogP contribution in [0.15, 0.2) is 59.2 Å². The Bertz CT molecular complexity index is 927. The van der Waals surface area contributed by atoms with Gasteiger partial charge in [-0.25, -0.2) is 9.97 Å². The van der Waals surface area contributed by atoms with Gasteiger partial charge < -0.3 is 10.6 Å². The van der Waals surface area contributed by atoms with Crippen molar-refractivity contribution in [3.63, 3.8) is 0 Å². The van der Waals surface area contributed by atoms with E-state index in [1.807, 2.05) is 49.4 Å². The summed E-state index contributed by atoms with van der Waals surface area (Å²) < 4.78 is 0.811. The van der Waals surface area contributed by atoms with Crippen LogP contribution in [-0.2, 0) is 0 Å². The van der Waals surface area contributed by atoms with E-state index >= 15 is 0 Å². The summed E-state index contributed by atoms with van der Waals surface area (Å²) in [5, 5.41) is 5.96. The van der Waals surface area contributed by atoms with E-state index in [4.69, 9.17) is 0 Å². The summed E-state index contributed by atoms with van der Waals surface area (Å²) in [4.78, 5) is 20.9. The van der Waals surface area contributed by atoms with Crippen LogP contribution in [0.1, 0.15) is 21.6 Å². The van der Waals surface area contributed by atoms with Gasteiger partial charge in [0.1, 0.15) is 5.69 Å². The first-order chi connectivity index (χ1) is 12.0. The van der Waals surface area contributed by atoms with Gasteiger partial charge in [0, 0.05) is 16.4 Å². The van der Waals surface area contributed by atoms with Gasteiger partial charge in [-0.05, 0) is 71.2 Å². The van der Waals surface area contributed by atoms with E-state index in [9.17, 15) is 4.79 Å². The smallest absolute Gasteiger partial charge is 0.274 e. The van der Waals surface area contributed by atoms with Gasteiger partial charge in [0.2, 0.25) is 5.95 Å². The Morgan fingerprint density at radius 3 is 2.60 bits per heavy atom. The van der Waals surface area contributed by atoms with E-state index < -0.39 is 0 Å². The molecule has 0 fully saturated rings. The first-order valence-electron chi connectivity index (χ1n) is 7.76. The second-order valence-electron chi connectivity index (χ2n) is 5.62. The van der Waals surface area contributed by atoms with Crippen molar-refractivity contribution in [1.82, 2.24) is 9.97 Å². The number of benzene rings is 2. The maximum Gasteiger partial charge on any atom is 0.274 e. The van der Waals surface area contributed by atoms with Crippen LogP contribution in [0.25, 0.3) is 0 Å². The van der Waals surface area contributed by atoms with E-state index in [-0.39, 0.29) is 11.6 Å². The average molecular weight is 397 g/mol. The number of halogens is 1. The summed E-state index contributed by atoms with van der Waals surface area (Å²) in [6.07, 6.45) is 1.56. The highest BCUT2D eigenvalue weighted by molar-refractivity contribution is 9.10. The minimum atomic E-state index is -0.294. The van der Waals surface area contributed by atoms with Crippen LogP contribution < -0.4 is 10.6 Å². The molecule has 0 bridgehead atoms. The molecule has 0 atom stereocenters. The number of aryl methyl sites for hydroxylation is 2. The summed E-state index contributed by atoms with van der Waals surface area (Å²) in [7, 11) is 0. The molecule has 126 valence electrons. The Hall–Kier alpha value is -2.73. The predicted octanol–water partition coefficient (Wildman–Crippen LogP) is 4.85. The van der Waals surface area contributed by atoms with E-state index in [0.29, 0.717) is 11.6 Å². The molecule has 0 radical (unpaired) electrons. The summed E-state index contributed by atoms with van der Waals surface area (Å²) in [6.45, 7) is 4.10. The molecule has 1 aromatic heterocycles. The van der Waals surface area contributed by atoms with Crippen LogP contribution in [0.3, 0.4) is 0 Å². The van der Waals surface area contributed by atoms with Crippen LogP contribution in [0, 0.1) is 13.8 Å². The molecule has 1 heterocycles. The van der Waals surface area contributed by atoms with Crippen LogP contribution >= 0.6 is 15.9 Å². The fourth-order valence-corrected chi connectivity index (χ4v) is 2.63. The molecule has 5 nitrogen and oxygen atoms in total. The van der Waals surface area contributed by atoms with Crippen LogP contribution in [-0.4, -0.2) is 15.9 Å². The number of carbonyl (C=O) groups is 1. The monoisotopic (exact) mass is 396 g/mol. The lowest BCUT2D eigenvalue weighted by molar-refractivity contribution is 0.102. The summed E-state index contributed by atoms with van der Waals surface area (Å²) in [5.74, 6) is 0.0838. The Morgan fingerprint density at radius 1 is 1.04 bits per heavy atom. The molecule has 0 unspecified atom stereocenters. The number of anilines is 3. The number of aromatic nitrogens is 2. The number of hydrogen-bond donors (Lipinski definition) is 2. The van der Waals surface area contributed by atoms with Gasteiger partial charge in [0.05, 0.1) is 5.69 Å². The molecule has 0 spiro atoms. The van der Waals surface area contributed by atoms with Gasteiger partial charge >= 0.3 is 0 Å². The molecule has 1 amide bonds. The average Bonchev–Trinajstić information content (AvgIpc) is 2.60. The number of nitrogens with zero attached hydrogens (tertiary/aromatic N) is 2. The van der Waals surface area contributed by atoms with Crippen molar-refractivity contribution < 1.29 is 4.79 Å². The zero-order valence-electron chi connectivity index (χ0n) is 13.9. The molecular weight excluding hydrogens is 380 g/mol. The van der Waals surface area contributed by atoms with Gasteiger partial charge in [0.25, 0.3) is 5.91 Å². The molecule has 3 aromatic rings. The van der Waals surface area contributed by atoms with Crippen molar-refractivity contribution in [3.05, 3.63) is 76.0 Å².